The van der Waals surface area contributed by atoms with E-state index in [1.165, 1.54) is 12.7 Å². The molecular formula is C21H24ClNO5. The van der Waals surface area contributed by atoms with Crippen molar-refractivity contribution in [2.45, 2.75) is 26.7 Å². The van der Waals surface area contributed by atoms with Crippen LogP contribution in [0.3, 0.4) is 0 Å². The maximum Gasteiger partial charge on any atom is 0.344 e. The zero-order valence-electron chi connectivity index (χ0n) is 16.4. The van der Waals surface area contributed by atoms with E-state index in [9.17, 15) is 9.59 Å². The van der Waals surface area contributed by atoms with Gasteiger partial charge in [0, 0.05) is 11.1 Å². The van der Waals surface area contributed by atoms with Crippen LogP contribution in [0.25, 0.3) is 0 Å². The maximum absolute atomic E-state index is 12.0. The van der Waals surface area contributed by atoms with Crippen molar-refractivity contribution in [1.82, 2.24) is 0 Å². The van der Waals surface area contributed by atoms with Crippen LogP contribution in [-0.2, 0) is 14.3 Å². The van der Waals surface area contributed by atoms with Crippen molar-refractivity contribution in [3.63, 3.8) is 0 Å². The van der Waals surface area contributed by atoms with E-state index in [0.717, 1.165) is 5.56 Å². The van der Waals surface area contributed by atoms with Crippen LogP contribution < -0.4 is 14.8 Å². The largest absolute Gasteiger partial charge is 0.495 e. The first kappa shape index (κ1) is 21.6. The monoisotopic (exact) mass is 405 g/mol. The average molecular weight is 406 g/mol. The van der Waals surface area contributed by atoms with Gasteiger partial charge in [-0.1, -0.05) is 37.6 Å². The lowest BCUT2D eigenvalue weighted by Crippen LogP contribution is -2.24. The van der Waals surface area contributed by atoms with E-state index >= 15 is 0 Å². The number of nitrogens with one attached hydrogen (secondary N) is 1. The molecule has 0 bridgehead atoms. The Morgan fingerprint density at radius 1 is 1.11 bits per heavy atom. The van der Waals surface area contributed by atoms with Crippen LogP contribution in [0.2, 0.25) is 5.02 Å². The van der Waals surface area contributed by atoms with Crippen molar-refractivity contribution >= 4 is 29.2 Å². The molecule has 0 heterocycles. The van der Waals surface area contributed by atoms with Gasteiger partial charge >= 0.3 is 5.97 Å². The number of hydrogen-bond donors (Lipinski definition) is 1. The van der Waals surface area contributed by atoms with E-state index < -0.39 is 18.5 Å². The molecule has 7 heteroatoms. The smallest absolute Gasteiger partial charge is 0.344 e. The number of aryl methyl sites for hydroxylation is 1. The van der Waals surface area contributed by atoms with E-state index in [1.807, 2.05) is 19.1 Å². The third kappa shape index (κ3) is 6.16. The van der Waals surface area contributed by atoms with Gasteiger partial charge in [-0.15, -0.1) is 0 Å². The Balaban J connectivity index is 1.81. The predicted molar refractivity (Wildman–Crippen MR) is 108 cm³/mol. The summed E-state index contributed by atoms with van der Waals surface area (Å²) in [5, 5.41) is 3.16. The molecule has 1 amide bonds. The number of amides is 1. The molecule has 6 nitrogen and oxygen atoms in total. The molecule has 0 fully saturated rings. The summed E-state index contributed by atoms with van der Waals surface area (Å²) in [6.07, 6.45) is 0. The fraction of sp³-hybridized carbons (Fsp3) is 0.333. The molecule has 0 saturated heterocycles. The van der Waals surface area contributed by atoms with E-state index in [1.54, 1.807) is 24.3 Å². The number of methoxy groups -OCH3 is 1. The predicted octanol–water partition coefficient (Wildman–Crippen LogP) is 4.34. The molecule has 0 saturated carbocycles. The molecule has 0 aromatic heterocycles. The number of halogens is 1. The van der Waals surface area contributed by atoms with Crippen molar-refractivity contribution in [3.8, 4) is 11.5 Å². The first-order valence-electron chi connectivity index (χ1n) is 8.82. The Hall–Kier alpha value is -2.73. The zero-order valence-corrected chi connectivity index (χ0v) is 17.1. The topological polar surface area (TPSA) is 73.9 Å². The summed E-state index contributed by atoms with van der Waals surface area (Å²) in [4.78, 5) is 23.8. The highest BCUT2D eigenvalue weighted by molar-refractivity contribution is 6.31. The van der Waals surface area contributed by atoms with E-state index in [4.69, 9.17) is 25.8 Å². The highest BCUT2D eigenvalue weighted by Gasteiger charge is 2.13. The molecule has 0 spiro atoms. The van der Waals surface area contributed by atoms with E-state index in [-0.39, 0.29) is 6.61 Å². The first-order valence-corrected chi connectivity index (χ1v) is 9.20. The van der Waals surface area contributed by atoms with Gasteiger partial charge in [-0.05, 0) is 42.2 Å². The zero-order chi connectivity index (χ0) is 20.7. The third-order valence-corrected chi connectivity index (χ3v) is 4.43. The number of esters is 1. The van der Waals surface area contributed by atoms with Gasteiger partial charge in [0.15, 0.2) is 13.2 Å². The number of anilines is 1. The van der Waals surface area contributed by atoms with Crippen LogP contribution in [0.4, 0.5) is 5.69 Å². The van der Waals surface area contributed by atoms with Crippen LogP contribution in [0.15, 0.2) is 36.4 Å². The number of ether oxygens (including phenoxy) is 3. The molecule has 0 atom stereocenters. The Morgan fingerprint density at radius 2 is 1.79 bits per heavy atom. The second-order valence-corrected chi connectivity index (χ2v) is 6.93. The lowest BCUT2D eigenvalue weighted by Gasteiger charge is -2.12. The molecule has 28 heavy (non-hydrogen) atoms. The molecule has 1 N–H and O–H groups in total. The van der Waals surface area contributed by atoms with Gasteiger partial charge < -0.3 is 19.5 Å². The Bertz CT molecular complexity index is 833. The molecule has 0 aliphatic carbocycles. The van der Waals surface area contributed by atoms with Gasteiger partial charge in [0.2, 0.25) is 0 Å². The molecular weight excluding hydrogens is 382 g/mol. The van der Waals surface area contributed by atoms with Crippen molar-refractivity contribution in [1.29, 1.82) is 0 Å². The standard InChI is InChI=1S/C21H24ClNO5/c1-13(2)15-5-7-16(8-6-15)27-12-21(25)28-11-20(24)23-18-9-14(3)17(22)10-19(18)26-4/h5-10,13H,11-12H2,1-4H3,(H,23,24). The summed E-state index contributed by atoms with van der Waals surface area (Å²) in [7, 11) is 1.47. The minimum Gasteiger partial charge on any atom is -0.495 e. The lowest BCUT2D eigenvalue weighted by atomic mass is 10.0. The van der Waals surface area contributed by atoms with Crippen LogP contribution in [0, 0.1) is 6.92 Å². The number of rotatable bonds is 8. The third-order valence-electron chi connectivity index (χ3n) is 4.02. The van der Waals surface area contributed by atoms with Crippen LogP contribution in [-0.4, -0.2) is 32.2 Å². The summed E-state index contributed by atoms with van der Waals surface area (Å²) in [5.74, 6) is 0.271. The van der Waals surface area contributed by atoms with Crippen molar-refractivity contribution in [3.05, 3.63) is 52.5 Å². The van der Waals surface area contributed by atoms with Gasteiger partial charge in [-0.2, -0.15) is 0 Å². The minimum atomic E-state index is -0.637. The summed E-state index contributed by atoms with van der Waals surface area (Å²) in [5.41, 5.74) is 2.41. The fourth-order valence-corrected chi connectivity index (χ4v) is 2.55. The van der Waals surface area contributed by atoms with Gasteiger partial charge in [0.1, 0.15) is 11.5 Å². The second kappa shape index (κ2) is 9.99. The maximum atomic E-state index is 12.0. The highest BCUT2D eigenvalue weighted by Crippen LogP contribution is 2.30. The van der Waals surface area contributed by atoms with Crippen LogP contribution >= 0.6 is 11.6 Å². The summed E-state index contributed by atoms with van der Waals surface area (Å²) in [6.45, 7) is 5.29. The highest BCUT2D eigenvalue weighted by atomic mass is 35.5. The fourth-order valence-electron chi connectivity index (χ4n) is 2.40. The van der Waals surface area contributed by atoms with E-state index in [2.05, 4.69) is 19.2 Å². The van der Waals surface area contributed by atoms with Gasteiger partial charge in [0.25, 0.3) is 5.91 Å². The Labute approximate surface area is 169 Å². The number of carbonyl (C=O) groups excluding carboxylic acids is 2. The van der Waals surface area contributed by atoms with E-state index in [0.29, 0.717) is 28.1 Å². The summed E-state index contributed by atoms with van der Waals surface area (Å²) >= 11 is 6.04. The Kier molecular flexibility index (Phi) is 7.70. The van der Waals surface area contributed by atoms with Gasteiger partial charge in [-0.3, -0.25) is 4.79 Å². The quantitative estimate of drug-likeness (QED) is 0.661. The molecule has 0 radical (unpaired) electrons. The SMILES string of the molecule is COc1cc(Cl)c(C)cc1NC(=O)COC(=O)COc1ccc(C(C)C)cc1. The van der Waals surface area contributed by atoms with Gasteiger partial charge in [-0.25, -0.2) is 4.79 Å². The lowest BCUT2D eigenvalue weighted by molar-refractivity contribution is -0.149. The molecule has 150 valence electrons. The van der Waals surface area contributed by atoms with Crippen molar-refractivity contribution in [2.75, 3.05) is 25.6 Å². The first-order chi connectivity index (χ1) is 13.3. The molecule has 0 unspecified atom stereocenters. The average Bonchev–Trinajstić information content (AvgIpc) is 2.67. The minimum absolute atomic E-state index is 0.280. The number of hydrogen-bond acceptors (Lipinski definition) is 5. The molecule has 2 rings (SSSR count). The number of carbonyl (C=O) groups is 2. The Morgan fingerprint density at radius 3 is 2.39 bits per heavy atom. The van der Waals surface area contributed by atoms with Crippen LogP contribution in [0.1, 0.15) is 30.9 Å². The molecule has 2 aromatic carbocycles. The van der Waals surface area contributed by atoms with Crippen LogP contribution in [0.5, 0.6) is 11.5 Å². The second-order valence-electron chi connectivity index (χ2n) is 6.52. The molecule has 0 aliphatic rings. The van der Waals surface area contributed by atoms with Crippen molar-refractivity contribution < 1.29 is 23.8 Å². The van der Waals surface area contributed by atoms with Crippen molar-refractivity contribution in [2.24, 2.45) is 0 Å². The number of benzene rings is 2. The normalized spacial score (nSPS) is 10.5. The van der Waals surface area contributed by atoms with Gasteiger partial charge in [0.05, 0.1) is 12.8 Å². The summed E-state index contributed by atoms with van der Waals surface area (Å²) < 4.78 is 15.5. The summed E-state index contributed by atoms with van der Waals surface area (Å²) in [6, 6.07) is 10.8. The molecule has 0 aliphatic heterocycles. The molecule has 2 aromatic rings.